The zero-order chi connectivity index (χ0) is 24.8. The monoisotopic (exact) mass is 491 g/mol. The van der Waals surface area contributed by atoms with Gasteiger partial charge >= 0.3 is 18.0 Å². The number of fused-ring (bicyclic) bond motifs is 1. The van der Waals surface area contributed by atoms with Crippen LogP contribution in [0.2, 0.25) is 0 Å². The number of carbonyl (C=O) groups excluding carboxylic acids is 1. The molecule has 0 radical (unpaired) electrons. The Morgan fingerprint density at radius 1 is 1.21 bits per heavy atom. The van der Waals surface area contributed by atoms with Gasteiger partial charge in [0, 0.05) is 11.4 Å². The van der Waals surface area contributed by atoms with E-state index in [9.17, 15) is 27.6 Å². The van der Waals surface area contributed by atoms with Crippen molar-refractivity contribution in [1.29, 1.82) is 0 Å². The van der Waals surface area contributed by atoms with Crippen molar-refractivity contribution in [3.63, 3.8) is 0 Å². The maximum Gasteiger partial charge on any atom is 0.522 e. The van der Waals surface area contributed by atoms with Gasteiger partial charge in [-0.2, -0.15) is 0 Å². The van der Waals surface area contributed by atoms with E-state index in [0.29, 0.717) is 33.5 Å². The summed E-state index contributed by atoms with van der Waals surface area (Å²) in [6, 6.07) is 0. The van der Waals surface area contributed by atoms with Crippen LogP contribution in [0.5, 0.6) is 0 Å². The molecule has 0 saturated heterocycles. The number of ether oxygens (including phenoxy) is 2. The Labute approximate surface area is 192 Å². The lowest BCUT2D eigenvalue weighted by Gasteiger charge is -2.19. The van der Waals surface area contributed by atoms with E-state index in [1.807, 2.05) is 0 Å². The standard InChI is InChI=1S/C21H28F3N3O5S/c1-12-13(10-25-11-14(28)32-19(2,3)4)33-17-15(12)16(29)27(20(5)6-7-20)18(30)26(17)8-9-31-21(22,23)24/h25H,6-11H2,1-5H3. The first-order valence-corrected chi connectivity index (χ1v) is 11.4. The summed E-state index contributed by atoms with van der Waals surface area (Å²) in [5, 5.41) is 3.27. The van der Waals surface area contributed by atoms with E-state index < -0.39 is 41.3 Å². The van der Waals surface area contributed by atoms with Crippen molar-refractivity contribution in [3.8, 4) is 0 Å². The van der Waals surface area contributed by atoms with Crippen LogP contribution >= 0.6 is 11.3 Å². The molecule has 1 N–H and O–H groups in total. The normalized spacial score (nSPS) is 15.8. The Balaban J connectivity index is 1.95. The molecule has 184 valence electrons. The van der Waals surface area contributed by atoms with Crippen LogP contribution in [0.3, 0.4) is 0 Å². The van der Waals surface area contributed by atoms with Gasteiger partial charge < -0.3 is 10.1 Å². The minimum atomic E-state index is -4.82. The lowest BCUT2D eigenvalue weighted by atomic mass is 10.2. The summed E-state index contributed by atoms with van der Waals surface area (Å²) in [6.07, 6.45) is -3.54. The molecule has 1 fully saturated rings. The third kappa shape index (κ3) is 5.85. The van der Waals surface area contributed by atoms with Crippen LogP contribution in [-0.4, -0.2) is 40.2 Å². The van der Waals surface area contributed by atoms with Gasteiger partial charge in [0.2, 0.25) is 0 Å². The zero-order valence-corrected chi connectivity index (χ0v) is 20.0. The van der Waals surface area contributed by atoms with Gasteiger partial charge in [-0.1, -0.05) is 0 Å². The van der Waals surface area contributed by atoms with Crippen molar-refractivity contribution >= 4 is 27.5 Å². The zero-order valence-electron chi connectivity index (χ0n) is 19.2. The summed E-state index contributed by atoms with van der Waals surface area (Å²) >= 11 is 1.14. The van der Waals surface area contributed by atoms with Crippen LogP contribution in [0.4, 0.5) is 13.2 Å². The quantitative estimate of drug-likeness (QED) is 0.571. The summed E-state index contributed by atoms with van der Waals surface area (Å²) in [7, 11) is 0. The largest absolute Gasteiger partial charge is 0.522 e. The highest BCUT2D eigenvalue weighted by Gasteiger charge is 2.43. The Morgan fingerprint density at radius 3 is 2.39 bits per heavy atom. The topological polar surface area (TPSA) is 91.6 Å². The lowest BCUT2D eigenvalue weighted by Crippen LogP contribution is -2.45. The number of halogens is 3. The SMILES string of the molecule is Cc1c(CNCC(=O)OC(C)(C)C)sc2c1c(=O)n(C1(C)CC1)c(=O)n2CCOC(F)(F)F. The van der Waals surface area contributed by atoms with Crippen molar-refractivity contribution in [2.24, 2.45) is 0 Å². The number of thiophene rings is 1. The highest BCUT2D eigenvalue weighted by atomic mass is 32.1. The van der Waals surface area contributed by atoms with E-state index in [-0.39, 0.29) is 19.6 Å². The maximum absolute atomic E-state index is 13.2. The van der Waals surface area contributed by atoms with Gasteiger partial charge in [-0.05, 0) is 53.0 Å². The Kier molecular flexibility index (Phi) is 6.84. The molecule has 0 bridgehead atoms. The van der Waals surface area contributed by atoms with E-state index in [4.69, 9.17) is 4.74 Å². The molecule has 0 spiro atoms. The van der Waals surface area contributed by atoms with E-state index in [2.05, 4.69) is 10.1 Å². The molecule has 2 aromatic heterocycles. The molecule has 1 aliphatic carbocycles. The summed E-state index contributed by atoms with van der Waals surface area (Å²) < 4.78 is 48.9. The van der Waals surface area contributed by atoms with Crippen molar-refractivity contribution in [3.05, 3.63) is 31.3 Å². The first kappa shape index (κ1) is 25.4. The van der Waals surface area contributed by atoms with Crippen LogP contribution in [0, 0.1) is 6.92 Å². The predicted octanol–water partition coefficient (Wildman–Crippen LogP) is 3.01. The van der Waals surface area contributed by atoms with Gasteiger partial charge in [-0.15, -0.1) is 24.5 Å². The van der Waals surface area contributed by atoms with Gasteiger partial charge in [0.15, 0.2) is 0 Å². The molecule has 1 saturated carbocycles. The highest BCUT2D eigenvalue weighted by molar-refractivity contribution is 7.18. The number of nitrogens with one attached hydrogen (secondary N) is 1. The molecule has 0 amide bonds. The van der Waals surface area contributed by atoms with Crippen LogP contribution in [0.25, 0.3) is 10.2 Å². The first-order chi connectivity index (χ1) is 15.1. The number of alkyl halides is 3. The fourth-order valence-electron chi connectivity index (χ4n) is 3.55. The number of hydrogen-bond acceptors (Lipinski definition) is 7. The fourth-order valence-corrected chi connectivity index (χ4v) is 4.83. The lowest BCUT2D eigenvalue weighted by molar-refractivity contribution is -0.325. The molecule has 2 heterocycles. The molecular formula is C21H28F3N3O5S. The molecule has 12 heteroatoms. The Morgan fingerprint density at radius 2 is 1.85 bits per heavy atom. The second-order valence-corrected chi connectivity index (χ2v) is 10.5. The number of carbonyl (C=O) groups is 1. The molecule has 1 aliphatic rings. The van der Waals surface area contributed by atoms with E-state index >= 15 is 0 Å². The number of rotatable bonds is 8. The number of hydrogen-bond donors (Lipinski definition) is 1. The van der Waals surface area contributed by atoms with E-state index in [1.165, 1.54) is 4.57 Å². The average Bonchev–Trinajstić information content (AvgIpc) is 3.29. The van der Waals surface area contributed by atoms with Crippen molar-refractivity contribution < 1.29 is 27.4 Å². The summed E-state index contributed by atoms with van der Waals surface area (Å²) in [6.45, 7) is 7.85. The van der Waals surface area contributed by atoms with E-state index in [1.54, 1.807) is 34.6 Å². The minimum absolute atomic E-state index is 0.0561. The average molecular weight is 492 g/mol. The molecule has 33 heavy (non-hydrogen) atoms. The molecule has 0 atom stereocenters. The Hall–Kier alpha value is -2.18. The predicted molar refractivity (Wildman–Crippen MR) is 118 cm³/mol. The van der Waals surface area contributed by atoms with Crippen LogP contribution in [-0.2, 0) is 32.9 Å². The fraction of sp³-hybridized carbons (Fsp3) is 0.667. The molecule has 0 aromatic carbocycles. The molecule has 8 nitrogen and oxygen atoms in total. The number of nitrogens with zero attached hydrogens (tertiary/aromatic N) is 2. The van der Waals surface area contributed by atoms with E-state index in [0.717, 1.165) is 15.9 Å². The molecule has 3 rings (SSSR count). The smallest absolute Gasteiger partial charge is 0.459 e. The van der Waals surface area contributed by atoms with Crippen molar-refractivity contribution in [2.75, 3.05) is 13.2 Å². The third-order valence-corrected chi connectivity index (χ3v) is 6.70. The van der Waals surface area contributed by atoms with Crippen molar-refractivity contribution in [2.45, 2.75) is 78.1 Å². The number of aryl methyl sites for hydroxylation is 1. The van der Waals surface area contributed by atoms with Crippen LogP contribution in [0.15, 0.2) is 9.59 Å². The maximum atomic E-state index is 13.2. The van der Waals surface area contributed by atoms with Crippen LogP contribution in [0.1, 0.15) is 51.0 Å². The molecular weight excluding hydrogens is 463 g/mol. The highest BCUT2D eigenvalue weighted by Crippen LogP contribution is 2.41. The summed E-state index contributed by atoms with van der Waals surface area (Å²) in [5.41, 5.74) is -1.73. The van der Waals surface area contributed by atoms with Crippen LogP contribution < -0.4 is 16.6 Å². The second-order valence-electron chi connectivity index (χ2n) is 9.39. The van der Waals surface area contributed by atoms with Gasteiger partial charge in [0.05, 0.1) is 30.6 Å². The van der Waals surface area contributed by atoms with Gasteiger partial charge in [-0.3, -0.25) is 23.5 Å². The van der Waals surface area contributed by atoms with Crippen molar-refractivity contribution in [1.82, 2.24) is 14.5 Å². The molecule has 0 aliphatic heterocycles. The second kappa shape index (κ2) is 8.88. The van der Waals surface area contributed by atoms with Gasteiger partial charge in [-0.25, -0.2) is 4.79 Å². The van der Waals surface area contributed by atoms with Gasteiger partial charge in [0.25, 0.3) is 5.56 Å². The molecule has 2 aromatic rings. The first-order valence-electron chi connectivity index (χ1n) is 10.5. The summed E-state index contributed by atoms with van der Waals surface area (Å²) in [5.74, 6) is -0.438. The van der Waals surface area contributed by atoms with Gasteiger partial charge in [0.1, 0.15) is 10.4 Å². The third-order valence-electron chi connectivity index (χ3n) is 5.38. The summed E-state index contributed by atoms with van der Waals surface area (Å²) in [4.78, 5) is 39.3. The Bertz CT molecular complexity index is 1170. The number of esters is 1. The minimum Gasteiger partial charge on any atom is -0.459 e. The molecule has 0 unspecified atom stereocenters. The number of aromatic nitrogens is 2.